The third-order valence-corrected chi connectivity index (χ3v) is 3.48. The number of carbonyl (C=O) groups is 2. The van der Waals surface area contributed by atoms with Crippen LogP contribution in [0.1, 0.15) is 17.3 Å². The third kappa shape index (κ3) is 4.19. The number of carbonyl (C=O) groups excluding carboxylic acids is 1. The Balaban J connectivity index is 1.76. The fourth-order valence-electron chi connectivity index (χ4n) is 2.18. The summed E-state index contributed by atoms with van der Waals surface area (Å²) in [7, 11) is 0. The fraction of sp³-hybridized carbons (Fsp3) is 0.615. The van der Waals surface area contributed by atoms with E-state index in [-0.39, 0.29) is 19.1 Å². The standard InChI is InChI=1S/C13H20N4O4/c1-9-10(2)21-11(15-9)7-14-13(20)17-5-3-16(4-6-17)8-12(18)19/h3-8H2,1-2H3,(H,14,20)(H,18,19). The third-order valence-electron chi connectivity index (χ3n) is 3.48. The second-order valence-corrected chi connectivity index (χ2v) is 5.06. The number of oxazole rings is 1. The van der Waals surface area contributed by atoms with Crippen LogP contribution in [0.5, 0.6) is 0 Å². The van der Waals surface area contributed by atoms with Gasteiger partial charge in [0.1, 0.15) is 5.76 Å². The minimum absolute atomic E-state index is 0.0182. The number of aromatic nitrogens is 1. The smallest absolute Gasteiger partial charge is 0.317 e. The number of nitrogens with one attached hydrogen (secondary N) is 1. The Bertz CT molecular complexity index is 501. The Kier molecular flexibility index (Phi) is 4.79. The molecule has 8 nitrogen and oxygen atoms in total. The highest BCUT2D eigenvalue weighted by atomic mass is 16.4. The highest BCUT2D eigenvalue weighted by Crippen LogP contribution is 2.08. The molecule has 8 heteroatoms. The van der Waals surface area contributed by atoms with Crippen molar-refractivity contribution in [2.45, 2.75) is 20.4 Å². The van der Waals surface area contributed by atoms with Crippen molar-refractivity contribution in [3.8, 4) is 0 Å². The van der Waals surface area contributed by atoms with Gasteiger partial charge in [-0.2, -0.15) is 0 Å². The number of amides is 2. The molecule has 1 aromatic heterocycles. The van der Waals surface area contributed by atoms with Crippen LogP contribution in [0, 0.1) is 13.8 Å². The van der Waals surface area contributed by atoms with Gasteiger partial charge in [0.2, 0.25) is 5.89 Å². The molecule has 1 fully saturated rings. The van der Waals surface area contributed by atoms with E-state index in [1.807, 2.05) is 18.7 Å². The van der Waals surface area contributed by atoms with Crippen molar-refractivity contribution >= 4 is 12.0 Å². The first-order valence-corrected chi connectivity index (χ1v) is 6.85. The largest absolute Gasteiger partial charge is 0.480 e. The monoisotopic (exact) mass is 296 g/mol. The fourth-order valence-corrected chi connectivity index (χ4v) is 2.18. The second kappa shape index (κ2) is 6.57. The summed E-state index contributed by atoms with van der Waals surface area (Å²) in [6.45, 7) is 6.12. The molecular weight excluding hydrogens is 276 g/mol. The Morgan fingerprint density at radius 3 is 2.48 bits per heavy atom. The van der Waals surface area contributed by atoms with Gasteiger partial charge in [-0.05, 0) is 13.8 Å². The van der Waals surface area contributed by atoms with Crippen LogP contribution >= 0.6 is 0 Å². The number of aryl methyl sites for hydroxylation is 2. The van der Waals surface area contributed by atoms with Crippen molar-refractivity contribution in [3.05, 3.63) is 17.3 Å². The highest BCUT2D eigenvalue weighted by Gasteiger charge is 2.22. The molecule has 0 radical (unpaired) electrons. The minimum atomic E-state index is -0.845. The van der Waals surface area contributed by atoms with Crippen molar-refractivity contribution in [3.63, 3.8) is 0 Å². The number of rotatable bonds is 4. The molecule has 1 saturated heterocycles. The first kappa shape index (κ1) is 15.3. The Labute approximate surface area is 122 Å². The maximum atomic E-state index is 12.0. The normalized spacial score (nSPS) is 16.0. The SMILES string of the molecule is Cc1nc(CNC(=O)N2CCN(CC(=O)O)CC2)oc1C. The predicted molar refractivity (Wildman–Crippen MR) is 73.9 cm³/mol. The average Bonchev–Trinajstić information content (AvgIpc) is 2.75. The first-order chi connectivity index (χ1) is 9.95. The number of aliphatic carboxylic acids is 1. The van der Waals surface area contributed by atoms with Crippen LogP contribution in [0.2, 0.25) is 0 Å². The molecule has 1 aliphatic heterocycles. The van der Waals surface area contributed by atoms with E-state index < -0.39 is 5.97 Å². The summed E-state index contributed by atoms with van der Waals surface area (Å²) >= 11 is 0. The van der Waals surface area contributed by atoms with Crippen molar-refractivity contribution < 1.29 is 19.1 Å². The Morgan fingerprint density at radius 1 is 1.29 bits per heavy atom. The van der Waals surface area contributed by atoms with Gasteiger partial charge in [0.05, 0.1) is 18.8 Å². The molecule has 1 aromatic rings. The highest BCUT2D eigenvalue weighted by molar-refractivity contribution is 5.74. The molecule has 0 atom stereocenters. The van der Waals surface area contributed by atoms with Crippen LogP contribution in [-0.4, -0.2) is 64.6 Å². The van der Waals surface area contributed by atoms with Crippen LogP contribution < -0.4 is 5.32 Å². The lowest BCUT2D eigenvalue weighted by molar-refractivity contribution is -0.138. The van der Waals surface area contributed by atoms with Crippen molar-refractivity contribution in [2.75, 3.05) is 32.7 Å². The van der Waals surface area contributed by atoms with Gasteiger partial charge in [-0.15, -0.1) is 0 Å². The lowest BCUT2D eigenvalue weighted by Gasteiger charge is -2.33. The molecule has 2 N–H and O–H groups in total. The average molecular weight is 296 g/mol. The molecule has 2 heterocycles. The number of carboxylic acids is 1. The Morgan fingerprint density at radius 2 is 1.95 bits per heavy atom. The van der Waals surface area contributed by atoms with Gasteiger partial charge in [-0.3, -0.25) is 9.69 Å². The molecule has 21 heavy (non-hydrogen) atoms. The predicted octanol–water partition coefficient (Wildman–Crippen LogP) is 0.203. The molecule has 0 aromatic carbocycles. The van der Waals surface area contributed by atoms with Gasteiger partial charge in [-0.1, -0.05) is 0 Å². The first-order valence-electron chi connectivity index (χ1n) is 6.85. The summed E-state index contributed by atoms with van der Waals surface area (Å²) in [4.78, 5) is 30.3. The molecule has 0 saturated carbocycles. The number of piperazine rings is 1. The van der Waals surface area contributed by atoms with Gasteiger partial charge in [0.25, 0.3) is 0 Å². The summed E-state index contributed by atoms with van der Waals surface area (Å²) in [5.41, 5.74) is 0.821. The zero-order valence-corrected chi connectivity index (χ0v) is 12.3. The van der Waals surface area contributed by atoms with Crippen LogP contribution in [0.3, 0.4) is 0 Å². The van der Waals surface area contributed by atoms with Gasteiger partial charge in [-0.25, -0.2) is 9.78 Å². The van der Waals surface area contributed by atoms with Gasteiger partial charge >= 0.3 is 12.0 Å². The summed E-state index contributed by atoms with van der Waals surface area (Å²) < 4.78 is 5.39. The molecule has 2 rings (SSSR count). The number of urea groups is 1. The van der Waals surface area contributed by atoms with Gasteiger partial charge in [0.15, 0.2) is 0 Å². The maximum absolute atomic E-state index is 12.0. The molecule has 0 bridgehead atoms. The van der Waals surface area contributed by atoms with E-state index in [9.17, 15) is 9.59 Å². The van der Waals surface area contributed by atoms with Crippen LogP contribution in [0.15, 0.2) is 4.42 Å². The van der Waals surface area contributed by atoms with E-state index in [0.29, 0.717) is 32.1 Å². The van der Waals surface area contributed by atoms with Crippen LogP contribution in [-0.2, 0) is 11.3 Å². The lowest BCUT2D eigenvalue weighted by atomic mass is 10.3. The quantitative estimate of drug-likeness (QED) is 0.823. The molecule has 116 valence electrons. The van der Waals surface area contributed by atoms with Crippen LogP contribution in [0.4, 0.5) is 4.79 Å². The molecule has 0 spiro atoms. The number of carboxylic acid groups (broad SMARTS) is 1. The molecule has 0 aliphatic carbocycles. The zero-order chi connectivity index (χ0) is 15.4. The van der Waals surface area contributed by atoms with Gasteiger partial charge in [0, 0.05) is 26.2 Å². The number of hydrogen-bond acceptors (Lipinski definition) is 5. The van der Waals surface area contributed by atoms with E-state index in [1.165, 1.54) is 0 Å². The summed E-state index contributed by atoms with van der Waals surface area (Å²) in [6.07, 6.45) is 0. The van der Waals surface area contributed by atoms with E-state index >= 15 is 0 Å². The maximum Gasteiger partial charge on any atom is 0.317 e. The number of nitrogens with zero attached hydrogens (tertiary/aromatic N) is 3. The Hall–Kier alpha value is -2.09. The minimum Gasteiger partial charge on any atom is -0.480 e. The summed E-state index contributed by atoms with van der Waals surface area (Å²) in [5, 5.41) is 11.5. The molecule has 2 amide bonds. The van der Waals surface area contributed by atoms with E-state index in [0.717, 1.165) is 11.5 Å². The van der Waals surface area contributed by atoms with Crippen molar-refractivity contribution in [2.24, 2.45) is 0 Å². The lowest BCUT2D eigenvalue weighted by Crippen LogP contribution is -2.52. The molecular formula is C13H20N4O4. The molecule has 0 unspecified atom stereocenters. The van der Waals surface area contributed by atoms with Crippen molar-refractivity contribution in [1.82, 2.24) is 20.1 Å². The zero-order valence-electron chi connectivity index (χ0n) is 12.3. The van der Waals surface area contributed by atoms with E-state index in [2.05, 4.69) is 10.3 Å². The second-order valence-electron chi connectivity index (χ2n) is 5.06. The topological polar surface area (TPSA) is 98.9 Å². The van der Waals surface area contributed by atoms with Crippen molar-refractivity contribution in [1.29, 1.82) is 0 Å². The van der Waals surface area contributed by atoms with E-state index in [1.54, 1.807) is 4.90 Å². The number of hydrogen-bond donors (Lipinski definition) is 2. The van der Waals surface area contributed by atoms with Crippen LogP contribution in [0.25, 0.3) is 0 Å². The van der Waals surface area contributed by atoms with Gasteiger partial charge < -0.3 is 19.7 Å². The van der Waals surface area contributed by atoms with E-state index in [4.69, 9.17) is 9.52 Å². The summed E-state index contributed by atoms with van der Waals surface area (Å²) in [6, 6.07) is -0.182. The molecule has 1 aliphatic rings. The summed E-state index contributed by atoms with van der Waals surface area (Å²) in [5.74, 6) is 0.395.